The van der Waals surface area contributed by atoms with Crippen LogP contribution in [0.5, 0.6) is 5.75 Å². The minimum atomic E-state index is 0.217. The number of hydrogen-bond acceptors (Lipinski definition) is 6. The van der Waals surface area contributed by atoms with Gasteiger partial charge in [0.15, 0.2) is 12.4 Å². The fourth-order valence-electron chi connectivity index (χ4n) is 2.19. The summed E-state index contributed by atoms with van der Waals surface area (Å²) < 4.78 is 16.2. The van der Waals surface area contributed by atoms with E-state index >= 15 is 0 Å². The quantitative estimate of drug-likeness (QED) is 0.860. The summed E-state index contributed by atoms with van der Waals surface area (Å²) in [7, 11) is 0. The Hall–Kier alpha value is -2.08. The molecule has 1 aromatic carbocycles. The van der Waals surface area contributed by atoms with Gasteiger partial charge >= 0.3 is 0 Å². The van der Waals surface area contributed by atoms with Gasteiger partial charge in [0.2, 0.25) is 0 Å². The highest BCUT2D eigenvalue weighted by atomic mass is 16.5. The molecule has 1 aromatic heterocycles. The van der Waals surface area contributed by atoms with Gasteiger partial charge in [-0.15, -0.1) is 0 Å². The summed E-state index contributed by atoms with van der Waals surface area (Å²) >= 11 is 0. The molecule has 2 aromatic rings. The van der Waals surface area contributed by atoms with Crippen LogP contribution in [0, 0.1) is 0 Å². The van der Waals surface area contributed by atoms with E-state index in [1.807, 2.05) is 18.2 Å². The van der Waals surface area contributed by atoms with E-state index in [2.05, 4.69) is 10.1 Å². The first-order valence-electron chi connectivity index (χ1n) is 6.70. The smallest absolute Gasteiger partial charge is 0.264 e. The van der Waals surface area contributed by atoms with E-state index in [0.29, 0.717) is 29.8 Å². The second kappa shape index (κ2) is 5.92. The number of benzene rings is 1. The van der Waals surface area contributed by atoms with E-state index < -0.39 is 0 Å². The van der Waals surface area contributed by atoms with Crippen molar-refractivity contribution >= 4 is 5.69 Å². The molecule has 1 aliphatic heterocycles. The van der Waals surface area contributed by atoms with Crippen molar-refractivity contribution in [1.82, 2.24) is 10.1 Å². The van der Waals surface area contributed by atoms with E-state index in [0.717, 1.165) is 19.4 Å². The van der Waals surface area contributed by atoms with Crippen LogP contribution in [-0.2, 0) is 11.3 Å². The van der Waals surface area contributed by atoms with Crippen LogP contribution in [0.1, 0.15) is 30.5 Å². The van der Waals surface area contributed by atoms with E-state index in [9.17, 15) is 0 Å². The zero-order chi connectivity index (χ0) is 13.8. The molecule has 3 rings (SSSR count). The normalized spacial score (nSPS) is 18.9. The highest BCUT2D eigenvalue weighted by Gasteiger charge is 2.21. The number of ether oxygens (including phenoxy) is 2. The number of para-hydroxylation sites is 2. The molecule has 1 aliphatic rings. The van der Waals surface area contributed by atoms with E-state index in [1.165, 1.54) is 0 Å². The van der Waals surface area contributed by atoms with Crippen LogP contribution < -0.4 is 10.5 Å². The molecular formula is C14H17N3O3. The fourth-order valence-corrected chi connectivity index (χ4v) is 2.19. The molecule has 1 fully saturated rings. The van der Waals surface area contributed by atoms with Gasteiger partial charge in [0.1, 0.15) is 5.75 Å². The second-order valence-corrected chi connectivity index (χ2v) is 4.79. The van der Waals surface area contributed by atoms with Crippen LogP contribution in [0.25, 0.3) is 0 Å². The molecule has 2 heterocycles. The van der Waals surface area contributed by atoms with Crippen LogP contribution in [0.4, 0.5) is 5.69 Å². The Morgan fingerprint density at radius 1 is 1.35 bits per heavy atom. The number of nitrogen functional groups attached to an aromatic ring is 1. The molecule has 106 valence electrons. The number of hydrogen-bond donors (Lipinski definition) is 1. The standard InChI is InChI=1S/C14H17N3O3/c15-11-5-1-2-6-12(11)19-9-13-16-14(17-20-13)10-4-3-7-18-8-10/h1-2,5-6,10H,3-4,7-9,15H2. The molecule has 0 aliphatic carbocycles. The highest BCUT2D eigenvalue weighted by Crippen LogP contribution is 2.24. The summed E-state index contributed by atoms with van der Waals surface area (Å²) in [5, 5.41) is 4.00. The zero-order valence-corrected chi connectivity index (χ0v) is 11.1. The van der Waals surface area contributed by atoms with Gasteiger partial charge in [-0.3, -0.25) is 0 Å². The number of anilines is 1. The average Bonchev–Trinajstić information content (AvgIpc) is 2.96. The summed E-state index contributed by atoms with van der Waals surface area (Å²) in [4.78, 5) is 4.36. The first-order chi connectivity index (χ1) is 9.83. The zero-order valence-electron chi connectivity index (χ0n) is 11.1. The van der Waals surface area contributed by atoms with Crippen molar-refractivity contribution in [2.24, 2.45) is 0 Å². The van der Waals surface area contributed by atoms with Crippen LogP contribution in [0.2, 0.25) is 0 Å². The third kappa shape index (κ3) is 2.91. The maximum atomic E-state index is 5.80. The molecule has 20 heavy (non-hydrogen) atoms. The predicted octanol–water partition coefficient (Wildman–Crippen LogP) is 2.12. The lowest BCUT2D eigenvalue weighted by molar-refractivity contribution is 0.0773. The van der Waals surface area contributed by atoms with Gasteiger partial charge in [0, 0.05) is 12.5 Å². The van der Waals surface area contributed by atoms with Crippen molar-refractivity contribution in [3.63, 3.8) is 0 Å². The number of nitrogens with zero attached hydrogens (tertiary/aromatic N) is 2. The maximum absolute atomic E-state index is 5.80. The second-order valence-electron chi connectivity index (χ2n) is 4.79. The Bertz CT molecular complexity index is 564. The van der Waals surface area contributed by atoms with Crippen molar-refractivity contribution < 1.29 is 14.0 Å². The number of rotatable bonds is 4. The molecule has 2 N–H and O–H groups in total. The van der Waals surface area contributed by atoms with Gasteiger partial charge in [0.05, 0.1) is 12.3 Å². The minimum Gasteiger partial charge on any atom is -0.482 e. The Morgan fingerprint density at radius 2 is 2.25 bits per heavy atom. The van der Waals surface area contributed by atoms with Crippen molar-refractivity contribution in [2.45, 2.75) is 25.4 Å². The first-order valence-corrected chi connectivity index (χ1v) is 6.70. The summed E-state index contributed by atoms with van der Waals surface area (Å²) in [5.41, 5.74) is 6.39. The lowest BCUT2D eigenvalue weighted by Crippen LogP contribution is -2.16. The molecule has 1 unspecified atom stereocenters. The predicted molar refractivity (Wildman–Crippen MR) is 72.3 cm³/mol. The van der Waals surface area contributed by atoms with Gasteiger partial charge in [-0.1, -0.05) is 17.3 Å². The van der Waals surface area contributed by atoms with Gasteiger partial charge in [-0.2, -0.15) is 4.98 Å². The van der Waals surface area contributed by atoms with Crippen molar-refractivity contribution in [2.75, 3.05) is 18.9 Å². The minimum absolute atomic E-state index is 0.217. The monoisotopic (exact) mass is 275 g/mol. The third-order valence-electron chi connectivity index (χ3n) is 3.28. The van der Waals surface area contributed by atoms with Gasteiger partial charge in [-0.25, -0.2) is 0 Å². The molecule has 6 nitrogen and oxygen atoms in total. The Morgan fingerprint density at radius 3 is 3.05 bits per heavy atom. The van der Waals surface area contributed by atoms with Crippen LogP contribution in [0.15, 0.2) is 28.8 Å². The molecule has 1 atom stereocenters. The van der Waals surface area contributed by atoms with Crippen molar-refractivity contribution in [3.8, 4) is 5.75 Å². The molecule has 6 heteroatoms. The summed E-state index contributed by atoms with van der Waals surface area (Å²) in [6.07, 6.45) is 2.07. The maximum Gasteiger partial charge on any atom is 0.264 e. The first kappa shape index (κ1) is 12.9. The number of nitrogens with two attached hydrogens (primary N) is 1. The molecule has 0 bridgehead atoms. The van der Waals surface area contributed by atoms with E-state index in [-0.39, 0.29) is 12.5 Å². The summed E-state index contributed by atoms with van der Waals surface area (Å²) in [6.45, 7) is 1.69. The average molecular weight is 275 g/mol. The summed E-state index contributed by atoms with van der Waals surface area (Å²) in [6, 6.07) is 7.32. The topological polar surface area (TPSA) is 83.4 Å². The van der Waals surface area contributed by atoms with Crippen molar-refractivity contribution in [1.29, 1.82) is 0 Å². The van der Waals surface area contributed by atoms with Crippen LogP contribution in [-0.4, -0.2) is 23.4 Å². The van der Waals surface area contributed by atoms with E-state index in [1.54, 1.807) is 6.07 Å². The highest BCUT2D eigenvalue weighted by molar-refractivity contribution is 5.51. The lowest BCUT2D eigenvalue weighted by atomic mass is 10.0. The van der Waals surface area contributed by atoms with Crippen molar-refractivity contribution in [3.05, 3.63) is 36.0 Å². The Labute approximate surface area is 116 Å². The Balaban J connectivity index is 1.61. The van der Waals surface area contributed by atoms with Gasteiger partial charge in [-0.05, 0) is 25.0 Å². The third-order valence-corrected chi connectivity index (χ3v) is 3.28. The molecule has 1 saturated heterocycles. The van der Waals surface area contributed by atoms with Gasteiger partial charge < -0.3 is 19.7 Å². The lowest BCUT2D eigenvalue weighted by Gasteiger charge is -2.18. The van der Waals surface area contributed by atoms with Crippen LogP contribution in [0.3, 0.4) is 0 Å². The molecule has 0 radical (unpaired) electrons. The molecule has 0 saturated carbocycles. The Kier molecular flexibility index (Phi) is 3.83. The molecular weight excluding hydrogens is 258 g/mol. The largest absolute Gasteiger partial charge is 0.482 e. The van der Waals surface area contributed by atoms with Gasteiger partial charge in [0.25, 0.3) is 5.89 Å². The number of aromatic nitrogens is 2. The molecule has 0 spiro atoms. The van der Waals surface area contributed by atoms with Crippen LogP contribution >= 0.6 is 0 Å². The summed E-state index contributed by atoms with van der Waals surface area (Å²) in [5.74, 6) is 1.99. The SMILES string of the molecule is Nc1ccccc1OCc1nc(C2CCCOC2)no1. The molecule has 0 amide bonds. The van der Waals surface area contributed by atoms with E-state index in [4.69, 9.17) is 19.7 Å². The fraction of sp³-hybridized carbons (Fsp3) is 0.429.